The van der Waals surface area contributed by atoms with Gasteiger partial charge in [-0.15, -0.1) is 0 Å². The van der Waals surface area contributed by atoms with E-state index in [-0.39, 0.29) is 60.8 Å². The van der Waals surface area contributed by atoms with Gasteiger partial charge in [0.05, 0.1) is 12.0 Å². The second-order valence-electron chi connectivity index (χ2n) is 14.3. The molecule has 0 spiro atoms. The first-order valence-electron chi connectivity index (χ1n) is 18.6. The number of nitrogens with two attached hydrogens (primary N) is 2. The maximum absolute atomic E-state index is 14.1. The Labute approximate surface area is 304 Å². The summed E-state index contributed by atoms with van der Waals surface area (Å²) in [5.74, 6) is -2.03. The summed E-state index contributed by atoms with van der Waals surface area (Å²) in [6.07, 6.45) is 4.03. The molecule has 1 saturated heterocycles. The van der Waals surface area contributed by atoms with Crippen molar-refractivity contribution in [2.45, 2.75) is 97.2 Å². The minimum Gasteiger partial charge on any atom is -0.353 e. The molecule has 280 valence electrons. The number of ketones is 1. The molecule has 1 fully saturated rings. The predicted octanol–water partition coefficient (Wildman–Crippen LogP) is 3.59. The number of carbonyl (C=O) groups is 5. The molecule has 0 saturated carbocycles. The van der Waals surface area contributed by atoms with E-state index < -0.39 is 17.9 Å². The molecule has 0 aromatic heterocycles. The van der Waals surface area contributed by atoms with E-state index in [1.165, 1.54) is 6.92 Å². The van der Waals surface area contributed by atoms with Gasteiger partial charge in [0.1, 0.15) is 0 Å². The lowest BCUT2D eigenvalue weighted by atomic mass is 9.88. The number of likely N-dealkylation sites (tertiary alicyclic amines) is 1. The van der Waals surface area contributed by atoms with Crippen molar-refractivity contribution in [3.8, 4) is 0 Å². The summed E-state index contributed by atoms with van der Waals surface area (Å²) in [6, 6.07) is 18.5. The maximum atomic E-state index is 14.1. The minimum atomic E-state index is -0.800. The van der Waals surface area contributed by atoms with Crippen LogP contribution in [0.5, 0.6) is 0 Å². The van der Waals surface area contributed by atoms with Gasteiger partial charge < -0.3 is 31.9 Å². The largest absolute Gasteiger partial charge is 0.353 e. The minimum absolute atomic E-state index is 0.0102. The molecule has 0 radical (unpaired) electrons. The summed E-state index contributed by atoms with van der Waals surface area (Å²) in [7, 11) is 0. The van der Waals surface area contributed by atoms with E-state index in [9.17, 15) is 24.0 Å². The fourth-order valence-corrected chi connectivity index (χ4v) is 6.80. The number of nitrogens with one attached hydrogen (secondary N) is 2. The average Bonchev–Trinajstić information content (AvgIpc) is 3.11. The van der Waals surface area contributed by atoms with E-state index >= 15 is 0 Å². The number of amides is 4. The number of rotatable bonds is 21. The lowest BCUT2D eigenvalue weighted by Crippen LogP contribution is -2.49. The number of nitrogens with zero attached hydrogens (tertiary/aromatic N) is 2. The Bertz CT molecular complexity index is 1380. The zero-order chi connectivity index (χ0) is 37.2. The van der Waals surface area contributed by atoms with Crippen LogP contribution >= 0.6 is 0 Å². The van der Waals surface area contributed by atoms with Crippen LogP contribution in [0.3, 0.4) is 0 Å². The highest BCUT2D eigenvalue weighted by atomic mass is 16.2. The Hall–Kier alpha value is -4.09. The highest BCUT2D eigenvalue weighted by Crippen LogP contribution is 2.23. The van der Waals surface area contributed by atoms with Gasteiger partial charge in [-0.3, -0.25) is 24.0 Å². The standard InChI is InChI=1S/C40H60N6O5/c1-29(2)24-36(37(48)26-33(16-10-11-19-41)40(51)45-21-17-35(18-22-45)43-30(3)47)44-39(50)34(25-31-12-6-4-7-13-31)27-38(49)46(23-20-42)28-32-14-8-5-9-15-32/h4-9,12-15,29,33-36H,10-11,16-28,41-42H2,1-3H3,(H,43,47)(H,44,50)/t33-,34-,36+/m0/s1. The summed E-state index contributed by atoms with van der Waals surface area (Å²) < 4.78 is 0. The van der Waals surface area contributed by atoms with Crippen LogP contribution in [-0.4, -0.2) is 84.0 Å². The smallest absolute Gasteiger partial charge is 0.226 e. The number of unbranched alkanes of at least 4 members (excludes halogenated alkanes) is 1. The maximum Gasteiger partial charge on any atom is 0.226 e. The van der Waals surface area contributed by atoms with Crippen molar-refractivity contribution < 1.29 is 24.0 Å². The number of hydrogen-bond acceptors (Lipinski definition) is 7. The van der Waals surface area contributed by atoms with Crippen molar-refractivity contribution in [1.29, 1.82) is 0 Å². The molecule has 0 bridgehead atoms. The van der Waals surface area contributed by atoms with Gasteiger partial charge in [0, 0.05) is 64.4 Å². The Morgan fingerprint density at radius 3 is 2.04 bits per heavy atom. The van der Waals surface area contributed by atoms with Crippen LogP contribution in [0.25, 0.3) is 0 Å². The first-order valence-corrected chi connectivity index (χ1v) is 18.6. The SMILES string of the molecule is CC(=O)NC1CCN(C(=O)[C@@H](CCCCN)CC(=O)[C@@H](CC(C)C)NC(=O)[C@H](CC(=O)N(CCN)Cc2ccccc2)Cc2ccccc2)CC1. The van der Waals surface area contributed by atoms with Crippen molar-refractivity contribution in [2.75, 3.05) is 32.7 Å². The average molecular weight is 705 g/mol. The van der Waals surface area contributed by atoms with Gasteiger partial charge in [0.15, 0.2) is 5.78 Å². The third kappa shape index (κ3) is 14.6. The predicted molar refractivity (Wildman–Crippen MR) is 200 cm³/mol. The summed E-state index contributed by atoms with van der Waals surface area (Å²) in [5, 5.41) is 5.98. The van der Waals surface area contributed by atoms with Gasteiger partial charge in [0.25, 0.3) is 0 Å². The van der Waals surface area contributed by atoms with Crippen LogP contribution in [0.1, 0.15) is 83.3 Å². The molecule has 3 rings (SSSR count). The third-order valence-corrected chi connectivity index (χ3v) is 9.51. The van der Waals surface area contributed by atoms with Crippen molar-refractivity contribution in [1.82, 2.24) is 20.4 Å². The second-order valence-corrected chi connectivity index (χ2v) is 14.3. The molecule has 11 nitrogen and oxygen atoms in total. The summed E-state index contributed by atoms with van der Waals surface area (Å²) in [5.41, 5.74) is 13.5. The fourth-order valence-electron chi connectivity index (χ4n) is 6.80. The quantitative estimate of drug-likeness (QED) is 0.144. The van der Waals surface area contributed by atoms with Crippen LogP contribution in [0.2, 0.25) is 0 Å². The van der Waals surface area contributed by atoms with Crippen LogP contribution in [0.4, 0.5) is 0 Å². The highest BCUT2D eigenvalue weighted by molar-refractivity contribution is 5.94. The topological polar surface area (TPSA) is 168 Å². The second kappa shape index (κ2) is 22.0. The Morgan fingerprint density at radius 1 is 0.843 bits per heavy atom. The molecule has 3 atom stereocenters. The molecule has 11 heteroatoms. The number of carbonyl (C=O) groups excluding carboxylic acids is 5. The van der Waals surface area contributed by atoms with Gasteiger partial charge in [-0.2, -0.15) is 0 Å². The number of hydrogen-bond donors (Lipinski definition) is 4. The van der Waals surface area contributed by atoms with Gasteiger partial charge >= 0.3 is 0 Å². The van der Waals surface area contributed by atoms with Gasteiger partial charge in [-0.25, -0.2) is 0 Å². The van der Waals surface area contributed by atoms with Crippen LogP contribution < -0.4 is 22.1 Å². The van der Waals surface area contributed by atoms with Crippen LogP contribution in [-0.2, 0) is 36.9 Å². The van der Waals surface area contributed by atoms with Crippen molar-refractivity contribution in [3.63, 3.8) is 0 Å². The van der Waals surface area contributed by atoms with E-state index in [4.69, 9.17) is 11.5 Å². The van der Waals surface area contributed by atoms with E-state index in [2.05, 4.69) is 10.6 Å². The van der Waals surface area contributed by atoms with Gasteiger partial charge in [-0.1, -0.05) is 80.9 Å². The van der Waals surface area contributed by atoms with Crippen molar-refractivity contribution >= 4 is 29.4 Å². The first kappa shape index (κ1) is 41.3. The molecule has 4 amide bonds. The van der Waals surface area contributed by atoms with E-state index in [1.807, 2.05) is 74.5 Å². The first-order chi connectivity index (χ1) is 24.5. The molecule has 1 aliphatic heterocycles. The number of piperidine rings is 1. The molecular formula is C40H60N6O5. The molecule has 1 heterocycles. The summed E-state index contributed by atoms with van der Waals surface area (Å²) >= 11 is 0. The molecule has 0 unspecified atom stereocenters. The lowest BCUT2D eigenvalue weighted by Gasteiger charge is -2.34. The summed E-state index contributed by atoms with van der Waals surface area (Å²) in [4.78, 5) is 70.8. The highest BCUT2D eigenvalue weighted by Gasteiger charge is 2.34. The molecular weight excluding hydrogens is 644 g/mol. The van der Waals surface area contributed by atoms with Gasteiger partial charge in [-0.05, 0) is 62.1 Å². The van der Waals surface area contributed by atoms with Crippen molar-refractivity contribution in [2.24, 2.45) is 29.2 Å². The Kier molecular flexibility index (Phi) is 17.8. The Balaban J connectivity index is 1.78. The molecule has 2 aromatic rings. The lowest BCUT2D eigenvalue weighted by molar-refractivity contribution is -0.140. The monoisotopic (exact) mass is 704 g/mol. The number of benzene rings is 2. The van der Waals surface area contributed by atoms with Crippen LogP contribution in [0, 0.1) is 17.8 Å². The van der Waals surface area contributed by atoms with Crippen LogP contribution in [0.15, 0.2) is 60.7 Å². The number of Topliss-reactive ketones (excluding diaryl/α,β-unsaturated/α-hetero) is 1. The molecule has 6 N–H and O–H groups in total. The third-order valence-electron chi connectivity index (χ3n) is 9.51. The zero-order valence-corrected chi connectivity index (χ0v) is 30.9. The normalized spacial score (nSPS) is 15.1. The van der Waals surface area contributed by atoms with E-state index in [0.717, 1.165) is 17.5 Å². The molecule has 2 aromatic carbocycles. The molecule has 1 aliphatic rings. The van der Waals surface area contributed by atoms with E-state index in [1.54, 1.807) is 9.80 Å². The van der Waals surface area contributed by atoms with Crippen molar-refractivity contribution in [3.05, 3.63) is 71.8 Å². The fraction of sp³-hybridized carbons (Fsp3) is 0.575. The van der Waals surface area contributed by atoms with E-state index in [0.29, 0.717) is 71.2 Å². The summed E-state index contributed by atoms with van der Waals surface area (Å²) in [6.45, 7) is 8.03. The van der Waals surface area contributed by atoms with Gasteiger partial charge in [0.2, 0.25) is 23.6 Å². The molecule has 51 heavy (non-hydrogen) atoms. The molecule has 0 aliphatic carbocycles. The Morgan fingerprint density at radius 2 is 1.47 bits per heavy atom. The zero-order valence-electron chi connectivity index (χ0n) is 30.9.